The van der Waals surface area contributed by atoms with Crippen LogP contribution < -0.4 is 0 Å². The van der Waals surface area contributed by atoms with Crippen LogP contribution in [0.25, 0.3) is 0 Å². The van der Waals surface area contributed by atoms with E-state index >= 15 is 0 Å². The smallest absolute Gasteiger partial charge is 0.331 e. The molecule has 3 heterocycles. The monoisotopic (exact) mass is 696 g/mol. The highest BCUT2D eigenvalue weighted by Gasteiger charge is 2.70. The summed E-state index contributed by atoms with van der Waals surface area (Å²) < 4.78 is 35.4. The molecule has 4 saturated carbocycles. The summed E-state index contributed by atoms with van der Waals surface area (Å²) in [6, 6.07) is 0. The van der Waals surface area contributed by atoms with Gasteiger partial charge in [-0.3, -0.25) is 0 Å². The zero-order chi connectivity index (χ0) is 35.1. The quantitative estimate of drug-likeness (QED) is 0.164. The van der Waals surface area contributed by atoms with Crippen molar-refractivity contribution in [2.24, 2.45) is 28.6 Å². The predicted molar refractivity (Wildman–Crippen MR) is 170 cm³/mol. The Kier molecular flexibility index (Phi) is 9.60. The third-order valence-electron chi connectivity index (χ3n) is 14.5. The van der Waals surface area contributed by atoms with Crippen molar-refractivity contribution in [1.29, 1.82) is 0 Å². The summed E-state index contributed by atoms with van der Waals surface area (Å²) in [5.74, 6) is 0.0783. The largest absolute Gasteiger partial charge is 0.458 e. The van der Waals surface area contributed by atoms with E-state index in [1.807, 2.05) is 0 Å². The number of aliphatic hydroxyl groups excluding tert-OH is 4. The van der Waals surface area contributed by atoms with E-state index in [0.29, 0.717) is 32.3 Å². The van der Waals surface area contributed by atoms with E-state index in [1.165, 1.54) is 0 Å². The molecule has 0 spiro atoms. The zero-order valence-corrected chi connectivity index (χ0v) is 29.1. The lowest BCUT2D eigenvalue weighted by Crippen LogP contribution is -2.67. The molecular formula is C36H56O13. The Morgan fingerprint density at radius 2 is 1.63 bits per heavy atom. The Morgan fingerprint density at radius 3 is 2.33 bits per heavy atom. The van der Waals surface area contributed by atoms with Crippen LogP contribution in [0.1, 0.15) is 85.0 Å². The molecule has 3 aliphatic heterocycles. The van der Waals surface area contributed by atoms with Crippen LogP contribution in [0.5, 0.6) is 0 Å². The third-order valence-corrected chi connectivity index (χ3v) is 14.5. The summed E-state index contributed by atoms with van der Waals surface area (Å²) in [5, 5.41) is 65.4. The highest BCUT2D eigenvalue weighted by atomic mass is 16.7. The first kappa shape index (κ1) is 36.1. The molecule has 0 aromatic carbocycles. The second kappa shape index (κ2) is 13.0. The van der Waals surface area contributed by atoms with E-state index in [9.17, 15) is 35.4 Å². The fourth-order valence-corrected chi connectivity index (χ4v) is 11.5. The topological polar surface area (TPSA) is 194 Å². The van der Waals surface area contributed by atoms with Crippen LogP contribution in [-0.4, -0.2) is 130 Å². The first-order chi connectivity index (χ1) is 23.2. The van der Waals surface area contributed by atoms with Crippen LogP contribution in [0, 0.1) is 28.6 Å². The number of rotatable bonds is 7. The lowest BCUT2D eigenvalue weighted by molar-refractivity contribution is -0.347. The number of aliphatic hydroxyl groups is 6. The van der Waals surface area contributed by atoms with E-state index in [0.717, 1.165) is 44.1 Å². The van der Waals surface area contributed by atoms with Gasteiger partial charge in [-0.15, -0.1) is 0 Å². The van der Waals surface area contributed by atoms with Gasteiger partial charge >= 0.3 is 5.97 Å². The highest BCUT2D eigenvalue weighted by molar-refractivity contribution is 5.85. The van der Waals surface area contributed by atoms with Crippen molar-refractivity contribution in [2.45, 2.75) is 158 Å². The van der Waals surface area contributed by atoms with E-state index < -0.39 is 73.1 Å². The minimum atomic E-state index is -1.56. The molecule has 6 fully saturated rings. The minimum absolute atomic E-state index is 0.0724. The maximum atomic E-state index is 12.5. The second-order valence-electron chi connectivity index (χ2n) is 16.6. The Balaban J connectivity index is 0.994. The van der Waals surface area contributed by atoms with Crippen LogP contribution in [0.4, 0.5) is 0 Å². The van der Waals surface area contributed by atoms with Gasteiger partial charge in [0.15, 0.2) is 12.6 Å². The van der Waals surface area contributed by atoms with Crippen molar-refractivity contribution in [3.05, 3.63) is 11.6 Å². The van der Waals surface area contributed by atoms with Gasteiger partial charge in [0.2, 0.25) is 0 Å². The highest BCUT2D eigenvalue weighted by Crippen LogP contribution is 2.70. The van der Waals surface area contributed by atoms with Crippen LogP contribution >= 0.6 is 0 Å². The first-order valence-electron chi connectivity index (χ1n) is 18.3. The van der Waals surface area contributed by atoms with Gasteiger partial charge in [-0.25, -0.2) is 4.79 Å². The molecule has 0 aromatic heterocycles. The van der Waals surface area contributed by atoms with Crippen LogP contribution in [0.15, 0.2) is 11.6 Å². The van der Waals surface area contributed by atoms with Gasteiger partial charge in [0.25, 0.3) is 0 Å². The molecule has 6 N–H and O–H groups in total. The second-order valence-corrected chi connectivity index (χ2v) is 16.6. The van der Waals surface area contributed by atoms with Gasteiger partial charge in [0.1, 0.15) is 37.1 Å². The molecule has 4 aliphatic carbocycles. The predicted octanol–water partition coefficient (Wildman–Crippen LogP) is 1.08. The Bertz CT molecular complexity index is 1280. The molecular weight excluding hydrogens is 640 g/mol. The maximum absolute atomic E-state index is 12.5. The standard InChI is InChI=1S/C36H56O13/c1-18-31(49-32-30(41)29(40)28(39)25(16-37)48-32)24(44-4)14-27(46-18)47-20-5-9-33(2)22-6-10-34(3)21(19-13-26(38)45-17-19)8-12-36(34,43)23(22)7-11-35(33,42)15-20/h13,18,20-25,27-32,37,39-43H,5-12,14-17H2,1-4H3/t18-,20-,21+,22-,23+,24+,25+,27+,28+,29-,30+,31-,32-,33+,34+,35-,36?/m0/s1. The van der Waals surface area contributed by atoms with Gasteiger partial charge in [-0.05, 0) is 87.0 Å². The van der Waals surface area contributed by atoms with E-state index in [4.69, 9.17) is 28.4 Å². The molecule has 2 saturated heterocycles. The fourth-order valence-electron chi connectivity index (χ4n) is 11.5. The number of carbonyl (C=O) groups excluding carboxylic acids is 1. The Hall–Kier alpha value is -1.23. The number of carbonyl (C=O) groups is 1. The third kappa shape index (κ3) is 5.65. The molecule has 1 unspecified atom stereocenters. The van der Waals surface area contributed by atoms with E-state index in [2.05, 4.69) is 13.8 Å². The van der Waals surface area contributed by atoms with E-state index in [1.54, 1.807) is 20.1 Å². The normalized spacial score (nSPS) is 54.4. The lowest BCUT2D eigenvalue weighted by Gasteiger charge is -2.66. The summed E-state index contributed by atoms with van der Waals surface area (Å²) in [6.07, 6.45) is -1.10. The van der Waals surface area contributed by atoms with Crippen molar-refractivity contribution >= 4 is 5.97 Å². The van der Waals surface area contributed by atoms with Crippen molar-refractivity contribution in [3.8, 4) is 0 Å². The number of hydrogen-bond acceptors (Lipinski definition) is 13. The molecule has 13 heteroatoms. The molecule has 0 radical (unpaired) electrons. The molecule has 7 rings (SSSR count). The van der Waals surface area contributed by atoms with Gasteiger partial charge < -0.3 is 59.1 Å². The van der Waals surface area contributed by atoms with Gasteiger partial charge in [0, 0.05) is 31.4 Å². The summed E-state index contributed by atoms with van der Waals surface area (Å²) in [5.41, 5.74) is -1.52. The molecule has 7 aliphatic rings. The lowest BCUT2D eigenvalue weighted by atomic mass is 9.42. The molecule has 0 aromatic rings. The summed E-state index contributed by atoms with van der Waals surface area (Å²) in [4.78, 5) is 11.9. The van der Waals surface area contributed by atoms with Gasteiger partial charge in [0.05, 0.1) is 36.1 Å². The Labute approximate surface area is 287 Å². The van der Waals surface area contributed by atoms with Crippen molar-refractivity contribution in [3.63, 3.8) is 0 Å². The SMILES string of the molecule is CO[C@@H]1C[C@@H](O[C@H]2CC[C@]3(C)[C@H]4CC[C@]5(C)[C@@H](C6=CC(=O)OC6)CCC5(O)[C@@H]4CC[C@]3(O)C2)O[C@@H](C)[C@@H]1O[C@@H]1O[C@H](CO)[C@@H](O)[C@H](O)[C@H]1O. The number of methoxy groups -OCH3 is 1. The van der Waals surface area contributed by atoms with E-state index in [-0.39, 0.29) is 40.7 Å². The van der Waals surface area contributed by atoms with Crippen molar-refractivity contribution < 1.29 is 63.9 Å². The zero-order valence-electron chi connectivity index (χ0n) is 29.1. The average molecular weight is 697 g/mol. The van der Waals surface area contributed by atoms with Gasteiger partial charge in [-0.1, -0.05) is 13.8 Å². The Morgan fingerprint density at radius 1 is 0.898 bits per heavy atom. The van der Waals surface area contributed by atoms with Gasteiger partial charge in [-0.2, -0.15) is 0 Å². The number of fused-ring (bicyclic) bond motifs is 5. The summed E-state index contributed by atoms with van der Waals surface area (Å²) in [6.45, 7) is 5.98. The van der Waals surface area contributed by atoms with Crippen molar-refractivity contribution in [2.75, 3.05) is 20.3 Å². The average Bonchev–Trinajstić information content (AvgIpc) is 3.61. The molecule has 49 heavy (non-hydrogen) atoms. The number of hydrogen-bond donors (Lipinski definition) is 6. The molecule has 17 atom stereocenters. The van der Waals surface area contributed by atoms with Crippen molar-refractivity contribution in [1.82, 2.24) is 0 Å². The number of esters is 1. The number of cyclic esters (lactones) is 1. The minimum Gasteiger partial charge on any atom is -0.458 e. The fraction of sp³-hybridized carbons (Fsp3) is 0.917. The maximum Gasteiger partial charge on any atom is 0.331 e. The number of ether oxygens (including phenoxy) is 6. The molecule has 278 valence electrons. The molecule has 0 amide bonds. The first-order valence-corrected chi connectivity index (χ1v) is 18.3. The summed E-state index contributed by atoms with van der Waals surface area (Å²) >= 11 is 0. The summed E-state index contributed by atoms with van der Waals surface area (Å²) in [7, 11) is 1.55. The van der Waals surface area contributed by atoms with Crippen LogP contribution in [0.3, 0.4) is 0 Å². The molecule has 13 nitrogen and oxygen atoms in total. The van der Waals surface area contributed by atoms with Crippen LogP contribution in [0.2, 0.25) is 0 Å². The molecule has 0 bridgehead atoms. The van der Waals surface area contributed by atoms with Crippen LogP contribution in [-0.2, 0) is 33.2 Å².